The molecule has 1 saturated heterocycles. The SMILES string of the molecule is O=C1CCC(C(=O)N2CCOc3ccccc3C2)CN1CCc1ccccn1. The molecule has 1 fully saturated rings. The minimum Gasteiger partial charge on any atom is -0.491 e. The standard InChI is InChI=1S/C22H25N3O3/c26-21-9-8-18(16-24(21)12-10-19-6-3-4-11-23-19)22(27)25-13-14-28-20-7-2-1-5-17(20)15-25/h1-7,11,18H,8-10,12-16H2. The number of benzene rings is 1. The molecule has 6 nitrogen and oxygen atoms in total. The van der Waals surface area contributed by atoms with Crippen molar-refractivity contribution in [1.29, 1.82) is 0 Å². The largest absolute Gasteiger partial charge is 0.491 e. The van der Waals surface area contributed by atoms with Crippen LogP contribution in [0.3, 0.4) is 0 Å². The predicted octanol–water partition coefficient (Wildman–Crippen LogP) is 2.28. The Balaban J connectivity index is 1.39. The van der Waals surface area contributed by atoms with Crippen LogP contribution in [0, 0.1) is 5.92 Å². The molecular weight excluding hydrogens is 354 g/mol. The molecule has 3 heterocycles. The number of pyridine rings is 1. The lowest BCUT2D eigenvalue weighted by atomic mass is 9.95. The van der Waals surface area contributed by atoms with E-state index >= 15 is 0 Å². The number of carbonyl (C=O) groups excluding carboxylic acids is 2. The second kappa shape index (κ2) is 8.42. The Kier molecular flexibility index (Phi) is 5.55. The molecule has 146 valence electrons. The Morgan fingerprint density at radius 3 is 2.89 bits per heavy atom. The lowest BCUT2D eigenvalue weighted by molar-refractivity contribution is -0.143. The van der Waals surface area contributed by atoms with Crippen LogP contribution in [-0.2, 0) is 22.6 Å². The van der Waals surface area contributed by atoms with Gasteiger partial charge in [0.15, 0.2) is 0 Å². The third kappa shape index (κ3) is 4.16. The lowest BCUT2D eigenvalue weighted by Gasteiger charge is -2.34. The second-order valence-corrected chi connectivity index (χ2v) is 7.36. The van der Waals surface area contributed by atoms with Crippen LogP contribution in [-0.4, -0.2) is 52.8 Å². The van der Waals surface area contributed by atoms with Gasteiger partial charge in [0.25, 0.3) is 0 Å². The van der Waals surface area contributed by atoms with Crippen LogP contribution in [0.4, 0.5) is 0 Å². The summed E-state index contributed by atoms with van der Waals surface area (Å²) < 4.78 is 5.78. The summed E-state index contributed by atoms with van der Waals surface area (Å²) in [5, 5.41) is 0. The van der Waals surface area contributed by atoms with Crippen molar-refractivity contribution >= 4 is 11.8 Å². The van der Waals surface area contributed by atoms with E-state index < -0.39 is 0 Å². The minimum absolute atomic E-state index is 0.121. The number of nitrogens with zero attached hydrogens (tertiary/aromatic N) is 3. The molecule has 2 aliphatic heterocycles. The van der Waals surface area contributed by atoms with Crippen LogP contribution in [0.5, 0.6) is 5.75 Å². The van der Waals surface area contributed by atoms with E-state index in [-0.39, 0.29) is 17.7 Å². The highest BCUT2D eigenvalue weighted by atomic mass is 16.5. The first-order chi connectivity index (χ1) is 13.7. The highest BCUT2D eigenvalue weighted by molar-refractivity contribution is 5.84. The van der Waals surface area contributed by atoms with Gasteiger partial charge >= 0.3 is 0 Å². The van der Waals surface area contributed by atoms with Crippen LogP contribution in [0.1, 0.15) is 24.1 Å². The Morgan fingerprint density at radius 2 is 2.04 bits per heavy atom. The average Bonchev–Trinajstić information content (AvgIpc) is 2.96. The summed E-state index contributed by atoms with van der Waals surface area (Å²) in [6, 6.07) is 13.7. The molecular formula is C22H25N3O3. The number of fused-ring (bicyclic) bond motifs is 1. The second-order valence-electron chi connectivity index (χ2n) is 7.36. The molecule has 1 aromatic heterocycles. The Bertz CT molecular complexity index is 840. The van der Waals surface area contributed by atoms with E-state index in [0.29, 0.717) is 52.0 Å². The Morgan fingerprint density at radius 1 is 1.18 bits per heavy atom. The molecule has 1 unspecified atom stereocenters. The van der Waals surface area contributed by atoms with Crippen LogP contribution < -0.4 is 4.74 Å². The van der Waals surface area contributed by atoms with Gasteiger partial charge in [-0.2, -0.15) is 0 Å². The van der Waals surface area contributed by atoms with Gasteiger partial charge in [-0.25, -0.2) is 0 Å². The van der Waals surface area contributed by atoms with Crippen molar-refractivity contribution in [2.75, 3.05) is 26.2 Å². The first kappa shape index (κ1) is 18.5. The van der Waals surface area contributed by atoms with Gasteiger partial charge in [0.1, 0.15) is 12.4 Å². The average molecular weight is 379 g/mol. The first-order valence-electron chi connectivity index (χ1n) is 9.88. The normalized spacial score (nSPS) is 19.6. The van der Waals surface area contributed by atoms with Crippen LogP contribution in [0.25, 0.3) is 0 Å². The number of aromatic nitrogens is 1. The number of ether oxygens (including phenoxy) is 1. The Labute approximate surface area is 165 Å². The summed E-state index contributed by atoms with van der Waals surface area (Å²) >= 11 is 0. The quantitative estimate of drug-likeness (QED) is 0.818. The van der Waals surface area contributed by atoms with Gasteiger partial charge in [0.05, 0.1) is 12.5 Å². The molecule has 0 radical (unpaired) electrons. The molecule has 0 saturated carbocycles. The zero-order chi connectivity index (χ0) is 19.3. The fourth-order valence-electron chi connectivity index (χ4n) is 3.90. The maximum absolute atomic E-state index is 13.2. The van der Waals surface area contributed by atoms with Gasteiger partial charge in [-0.1, -0.05) is 24.3 Å². The number of rotatable bonds is 4. The predicted molar refractivity (Wildman–Crippen MR) is 105 cm³/mol. The van der Waals surface area contributed by atoms with Crippen molar-refractivity contribution < 1.29 is 14.3 Å². The van der Waals surface area contributed by atoms with Crippen molar-refractivity contribution in [2.24, 2.45) is 5.92 Å². The van der Waals surface area contributed by atoms with E-state index in [0.717, 1.165) is 17.0 Å². The van der Waals surface area contributed by atoms with Crippen molar-refractivity contribution in [3.8, 4) is 5.75 Å². The molecule has 1 aromatic carbocycles. The summed E-state index contributed by atoms with van der Waals surface area (Å²) in [4.78, 5) is 33.5. The zero-order valence-electron chi connectivity index (χ0n) is 15.9. The van der Waals surface area contributed by atoms with E-state index in [1.54, 1.807) is 6.20 Å². The van der Waals surface area contributed by atoms with Crippen LogP contribution in [0.2, 0.25) is 0 Å². The van der Waals surface area contributed by atoms with Gasteiger partial charge in [-0.3, -0.25) is 14.6 Å². The number of amides is 2. The summed E-state index contributed by atoms with van der Waals surface area (Å²) in [6.45, 7) is 2.73. The number of likely N-dealkylation sites (tertiary alicyclic amines) is 1. The third-order valence-corrected chi connectivity index (χ3v) is 5.48. The Hall–Kier alpha value is -2.89. The molecule has 0 spiro atoms. The number of carbonyl (C=O) groups is 2. The van der Waals surface area contributed by atoms with E-state index in [9.17, 15) is 9.59 Å². The van der Waals surface area contributed by atoms with Crippen LogP contribution >= 0.6 is 0 Å². The molecule has 0 aliphatic carbocycles. The van der Waals surface area contributed by atoms with Gasteiger partial charge < -0.3 is 14.5 Å². The summed E-state index contributed by atoms with van der Waals surface area (Å²) in [7, 11) is 0. The summed E-state index contributed by atoms with van der Waals surface area (Å²) in [6.07, 6.45) is 3.52. The maximum atomic E-state index is 13.2. The fourth-order valence-corrected chi connectivity index (χ4v) is 3.90. The lowest BCUT2D eigenvalue weighted by Crippen LogP contribution is -2.47. The number of para-hydroxylation sites is 1. The molecule has 6 heteroatoms. The molecule has 2 aliphatic rings. The highest BCUT2D eigenvalue weighted by Crippen LogP contribution is 2.26. The van der Waals surface area contributed by atoms with Crippen molar-refractivity contribution in [3.05, 3.63) is 59.9 Å². The molecule has 2 aromatic rings. The fraction of sp³-hybridized carbons (Fsp3) is 0.409. The first-order valence-corrected chi connectivity index (χ1v) is 9.88. The van der Waals surface area contributed by atoms with Crippen LogP contribution in [0.15, 0.2) is 48.7 Å². The smallest absolute Gasteiger partial charge is 0.227 e. The summed E-state index contributed by atoms with van der Waals surface area (Å²) in [5.74, 6) is 0.959. The molecule has 28 heavy (non-hydrogen) atoms. The monoisotopic (exact) mass is 379 g/mol. The molecule has 4 rings (SSSR count). The van der Waals surface area contributed by atoms with E-state index in [1.165, 1.54) is 0 Å². The number of piperidine rings is 1. The number of hydrogen-bond donors (Lipinski definition) is 0. The van der Waals surface area contributed by atoms with Crippen molar-refractivity contribution in [2.45, 2.75) is 25.8 Å². The zero-order valence-corrected chi connectivity index (χ0v) is 15.9. The van der Waals surface area contributed by atoms with E-state index in [1.807, 2.05) is 52.3 Å². The number of hydrogen-bond acceptors (Lipinski definition) is 4. The molecule has 0 N–H and O–H groups in total. The van der Waals surface area contributed by atoms with Gasteiger partial charge in [-0.15, -0.1) is 0 Å². The van der Waals surface area contributed by atoms with Gasteiger partial charge in [0, 0.05) is 49.9 Å². The molecule has 2 amide bonds. The van der Waals surface area contributed by atoms with Crippen molar-refractivity contribution in [3.63, 3.8) is 0 Å². The molecule has 1 atom stereocenters. The van der Waals surface area contributed by atoms with E-state index in [4.69, 9.17) is 4.74 Å². The summed E-state index contributed by atoms with van der Waals surface area (Å²) in [5.41, 5.74) is 2.00. The van der Waals surface area contributed by atoms with Gasteiger partial charge in [-0.05, 0) is 24.6 Å². The molecule has 0 bridgehead atoms. The van der Waals surface area contributed by atoms with E-state index in [2.05, 4.69) is 4.98 Å². The minimum atomic E-state index is -0.147. The highest BCUT2D eigenvalue weighted by Gasteiger charge is 2.33. The maximum Gasteiger partial charge on any atom is 0.227 e. The van der Waals surface area contributed by atoms with Crippen molar-refractivity contribution in [1.82, 2.24) is 14.8 Å². The van der Waals surface area contributed by atoms with Gasteiger partial charge in [0.2, 0.25) is 11.8 Å². The third-order valence-electron chi connectivity index (χ3n) is 5.48. The topological polar surface area (TPSA) is 62.7 Å².